The van der Waals surface area contributed by atoms with Gasteiger partial charge in [0.15, 0.2) is 0 Å². The monoisotopic (exact) mass is 167 g/mol. The molecule has 0 aliphatic heterocycles. The van der Waals surface area contributed by atoms with Crippen LogP contribution in [0.5, 0.6) is 0 Å². The summed E-state index contributed by atoms with van der Waals surface area (Å²) >= 11 is 0. The van der Waals surface area contributed by atoms with Gasteiger partial charge in [0.05, 0.1) is 12.1 Å². The lowest BCUT2D eigenvalue weighted by Gasteiger charge is -2.26. The number of hydrogen-bond donors (Lipinski definition) is 2. The summed E-state index contributed by atoms with van der Waals surface area (Å²) in [6.07, 6.45) is -2.36. The smallest absolute Gasteiger partial charge is 0.250 e. The van der Waals surface area contributed by atoms with Crippen molar-refractivity contribution in [3.05, 3.63) is 0 Å². The molecule has 0 aromatic heterocycles. The van der Waals surface area contributed by atoms with Gasteiger partial charge < -0.3 is 10.4 Å². The molecule has 11 heavy (non-hydrogen) atoms. The van der Waals surface area contributed by atoms with E-state index >= 15 is 0 Å². The van der Waals surface area contributed by atoms with E-state index in [1.165, 1.54) is 0 Å². The first kappa shape index (κ1) is 10.8. The predicted molar refractivity (Wildman–Crippen MR) is 39.8 cm³/mol. The zero-order valence-electron chi connectivity index (χ0n) is 7.06. The van der Waals surface area contributed by atoms with Crippen molar-refractivity contribution in [1.82, 2.24) is 5.32 Å². The molecule has 0 heterocycles. The number of aliphatic hydroxyl groups is 1. The molecule has 0 aliphatic rings. The second-order valence-corrected chi connectivity index (χ2v) is 3.17. The molecule has 0 rings (SSSR count). The Morgan fingerprint density at radius 3 is 2.18 bits per heavy atom. The third kappa shape index (κ3) is 5.09. The normalized spacial score (nSPS) is 15.5. The maximum Gasteiger partial charge on any atom is 0.250 e. The Kier molecular flexibility index (Phi) is 3.89. The van der Waals surface area contributed by atoms with Crippen molar-refractivity contribution in [3.8, 4) is 0 Å². The van der Waals surface area contributed by atoms with Crippen LogP contribution in [0.4, 0.5) is 8.78 Å². The van der Waals surface area contributed by atoms with Crippen LogP contribution >= 0.6 is 0 Å². The van der Waals surface area contributed by atoms with E-state index in [2.05, 4.69) is 5.32 Å². The maximum absolute atomic E-state index is 11.6. The molecule has 1 unspecified atom stereocenters. The van der Waals surface area contributed by atoms with E-state index in [-0.39, 0.29) is 12.6 Å². The molecule has 0 aromatic rings. The zero-order valence-corrected chi connectivity index (χ0v) is 7.06. The Hall–Kier alpha value is -0.220. The molecular weight excluding hydrogens is 152 g/mol. The van der Waals surface area contributed by atoms with E-state index in [4.69, 9.17) is 0 Å². The first-order valence-corrected chi connectivity index (χ1v) is 3.58. The lowest BCUT2D eigenvalue weighted by Crippen LogP contribution is -2.46. The number of halogens is 2. The lowest BCUT2D eigenvalue weighted by atomic mass is 10.0. The van der Waals surface area contributed by atoms with E-state index in [1.807, 2.05) is 0 Å². The molecule has 0 bridgehead atoms. The van der Waals surface area contributed by atoms with Gasteiger partial charge in [-0.2, -0.15) is 0 Å². The second kappa shape index (κ2) is 3.97. The van der Waals surface area contributed by atoms with Crippen LogP contribution in [0.25, 0.3) is 0 Å². The van der Waals surface area contributed by atoms with Gasteiger partial charge in [0.25, 0.3) is 6.43 Å². The number of rotatable bonds is 4. The fourth-order valence-electron chi connectivity index (χ4n) is 0.516. The molecule has 0 aliphatic carbocycles. The minimum Gasteiger partial charge on any atom is -0.389 e. The van der Waals surface area contributed by atoms with E-state index in [0.717, 1.165) is 0 Å². The van der Waals surface area contributed by atoms with Gasteiger partial charge >= 0.3 is 0 Å². The summed E-state index contributed by atoms with van der Waals surface area (Å²) in [5.74, 6) is 0. The van der Waals surface area contributed by atoms with Crippen molar-refractivity contribution in [2.45, 2.75) is 38.8 Å². The van der Waals surface area contributed by atoms with Crippen molar-refractivity contribution >= 4 is 0 Å². The molecule has 0 aromatic carbocycles. The molecule has 4 heteroatoms. The van der Waals surface area contributed by atoms with Crippen molar-refractivity contribution in [2.24, 2.45) is 0 Å². The van der Waals surface area contributed by atoms with Crippen LogP contribution in [-0.2, 0) is 0 Å². The predicted octanol–water partition coefficient (Wildman–Crippen LogP) is 1.00. The highest BCUT2D eigenvalue weighted by atomic mass is 19.3. The minimum atomic E-state index is -2.36. The molecule has 1 atom stereocenters. The summed E-state index contributed by atoms with van der Waals surface area (Å²) in [6, 6.07) is -0.323. The van der Waals surface area contributed by atoms with Crippen molar-refractivity contribution in [2.75, 3.05) is 6.54 Å². The van der Waals surface area contributed by atoms with E-state index in [1.54, 1.807) is 20.8 Å². The van der Waals surface area contributed by atoms with Crippen LogP contribution in [0, 0.1) is 0 Å². The number of nitrogens with one attached hydrogen (secondary N) is 1. The van der Waals surface area contributed by atoms with Crippen LogP contribution in [0.15, 0.2) is 0 Å². The summed E-state index contributed by atoms with van der Waals surface area (Å²) in [6.45, 7) is 4.46. The maximum atomic E-state index is 11.6. The minimum absolute atomic E-state index is 0.323. The quantitative estimate of drug-likeness (QED) is 0.654. The van der Waals surface area contributed by atoms with Crippen molar-refractivity contribution in [1.29, 1.82) is 0 Å². The molecular formula is C7H15F2NO. The van der Waals surface area contributed by atoms with E-state index in [0.29, 0.717) is 0 Å². The Balaban J connectivity index is 3.61. The molecule has 2 nitrogen and oxygen atoms in total. The lowest BCUT2D eigenvalue weighted by molar-refractivity contribution is 0.0360. The van der Waals surface area contributed by atoms with Gasteiger partial charge in [-0.15, -0.1) is 0 Å². The van der Waals surface area contributed by atoms with E-state index < -0.39 is 12.0 Å². The van der Waals surface area contributed by atoms with Gasteiger partial charge in [-0.25, -0.2) is 8.78 Å². The average molecular weight is 167 g/mol. The zero-order chi connectivity index (χ0) is 9.07. The molecule has 0 fully saturated rings. The third-order valence-corrected chi connectivity index (χ3v) is 1.64. The highest BCUT2D eigenvalue weighted by molar-refractivity contribution is 4.79. The first-order valence-electron chi connectivity index (χ1n) is 3.58. The van der Waals surface area contributed by atoms with Crippen LogP contribution in [0.2, 0.25) is 0 Å². The Labute approximate surface area is 65.6 Å². The Morgan fingerprint density at radius 1 is 1.45 bits per heavy atom. The molecule has 68 valence electrons. The van der Waals surface area contributed by atoms with Crippen LogP contribution in [0.3, 0.4) is 0 Å². The van der Waals surface area contributed by atoms with Gasteiger partial charge in [-0.3, -0.25) is 0 Å². The molecule has 0 saturated carbocycles. The van der Waals surface area contributed by atoms with Crippen molar-refractivity contribution < 1.29 is 13.9 Å². The van der Waals surface area contributed by atoms with Gasteiger partial charge in [0, 0.05) is 6.04 Å². The highest BCUT2D eigenvalue weighted by Gasteiger charge is 2.22. The molecule has 0 saturated heterocycles. The largest absolute Gasteiger partial charge is 0.389 e. The Morgan fingerprint density at radius 2 is 1.91 bits per heavy atom. The second-order valence-electron chi connectivity index (χ2n) is 3.17. The topological polar surface area (TPSA) is 32.3 Å². The summed E-state index contributed by atoms with van der Waals surface area (Å²) in [5, 5.41) is 11.8. The van der Waals surface area contributed by atoms with Crippen LogP contribution < -0.4 is 5.32 Å². The van der Waals surface area contributed by atoms with Crippen LogP contribution in [0.1, 0.15) is 20.8 Å². The summed E-state index contributed by atoms with van der Waals surface area (Å²) < 4.78 is 23.3. The highest BCUT2D eigenvalue weighted by Crippen LogP contribution is 2.07. The van der Waals surface area contributed by atoms with Gasteiger partial charge in [0.2, 0.25) is 0 Å². The molecule has 0 radical (unpaired) electrons. The molecule has 0 spiro atoms. The van der Waals surface area contributed by atoms with Crippen LogP contribution in [-0.4, -0.2) is 29.7 Å². The molecule has 0 amide bonds. The average Bonchev–Trinajstić information content (AvgIpc) is 1.80. The van der Waals surface area contributed by atoms with Gasteiger partial charge in [0.1, 0.15) is 0 Å². The fourth-order valence-corrected chi connectivity index (χ4v) is 0.516. The summed E-state index contributed by atoms with van der Waals surface area (Å²) in [4.78, 5) is 0. The fraction of sp³-hybridized carbons (Fsp3) is 1.00. The summed E-state index contributed by atoms with van der Waals surface area (Å²) in [7, 11) is 0. The van der Waals surface area contributed by atoms with Gasteiger partial charge in [-0.1, -0.05) is 0 Å². The number of alkyl halides is 2. The summed E-state index contributed by atoms with van der Waals surface area (Å²) in [5.41, 5.74) is -0.950. The third-order valence-electron chi connectivity index (χ3n) is 1.64. The van der Waals surface area contributed by atoms with Gasteiger partial charge in [-0.05, 0) is 20.8 Å². The Bertz CT molecular complexity index is 111. The van der Waals surface area contributed by atoms with E-state index in [9.17, 15) is 13.9 Å². The first-order chi connectivity index (χ1) is 4.84. The van der Waals surface area contributed by atoms with Crippen molar-refractivity contribution in [3.63, 3.8) is 0 Å². The molecule has 2 N–H and O–H groups in total. The number of hydrogen-bond acceptors (Lipinski definition) is 2. The SMILES string of the molecule is CC(NCC(F)F)C(C)(C)O. The standard InChI is InChI=1S/C7H15F2NO/c1-5(7(2,3)11)10-4-6(8)9/h5-6,10-11H,4H2,1-3H3.